The predicted molar refractivity (Wildman–Crippen MR) is 89.4 cm³/mol. The van der Waals surface area contributed by atoms with E-state index < -0.39 is 10.0 Å². The number of fused-ring (bicyclic) bond motifs is 1. The van der Waals surface area contributed by atoms with Gasteiger partial charge >= 0.3 is 0 Å². The molecule has 0 aliphatic heterocycles. The lowest BCUT2D eigenvalue weighted by Crippen LogP contribution is -2.24. The summed E-state index contributed by atoms with van der Waals surface area (Å²) in [6.07, 6.45) is 3.45. The van der Waals surface area contributed by atoms with Gasteiger partial charge in [-0.05, 0) is 36.8 Å². The molecule has 0 atom stereocenters. The highest BCUT2D eigenvalue weighted by molar-refractivity contribution is 7.89. The van der Waals surface area contributed by atoms with E-state index in [1.54, 1.807) is 24.4 Å². The number of aromatic amines is 1. The number of hydrogen-bond donors (Lipinski definition) is 2. The molecule has 0 spiro atoms. The van der Waals surface area contributed by atoms with Crippen LogP contribution >= 0.6 is 0 Å². The Bertz CT molecular complexity index is 904. The largest absolute Gasteiger partial charge is 0.337 e. The van der Waals surface area contributed by atoms with E-state index in [9.17, 15) is 8.42 Å². The number of imidazole rings is 1. The minimum Gasteiger partial charge on any atom is -0.337 e. The fourth-order valence-electron chi connectivity index (χ4n) is 2.25. The van der Waals surface area contributed by atoms with Crippen LogP contribution in [0, 0.1) is 0 Å². The van der Waals surface area contributed by atoms with Gasteiger partial charge in [0, 0.05) is 12.7 Å². The third-order valence-corrected chi connectivity index (χ3v) is 4.95. The molecular weight excluding hydrogens is 312 g/mol. The minimum absolute atomic E-state index is 0.234. The van der Waals surface area contributed by atoms with Gasteiger partial charge in [-0.1, -0.05) is 19.4 Å². The van der Waals surface area contributed by atoms with E-state index in [0.29, 0.717) is 29.1 Å². The first-order chi connectivity index (χ1) is 11.1. The molecule has 3 aromatic rings. The Morgan fingerprint density at radius 1 is 1.22 bits per heavy atom. The van der Waals surface area contributed by atoms with Crippen LogP contribution in [0.2, 0.25) is 0 Å². The molecule has 0 fully saturated rings. The first kappa shape index (κ1) is 15.6. The highest BCUT2D eigenvalue weighted by atomic mass is 32.2. The molecule has 7 heteroatoms. The summed E-state index contributed by atoms with van der Waals surface area (Å²) < 4.78 is 27.1. The number of hydrogen-bond acceptors (Lipinski definition) is 4. The quantitative estimate of drug-likeness (QED) is 0.680. The van der Waals surface area contributed by atoms with Gasteiger partial charge in [-0.15, -0.1) is 0 Å². The molecule has 0 bridgehead atoms. The van der Waals surface area contributed by atoms with Gasteiger partial charge in [0.1, 0.15) is 5.69 Å². The molecule has 2 heterocycles. The summed E-state index contributed by atoms with van der Waals surface area (Å²) >= 11 is 0. The van der Waals surface area contributed by atoms with Crippen molar-refractivity contribution in [3.63, 3.8) is 0 Å². The molecule has 2 N–H and O–H groups in total. The van der Waals surface area contributed by atoms with Crippen molar-refractivity contribution in [3.05, 3.63) is 42.6 Å². The number of nitrogens with zero attached hydrogens (tertiary/aromatic N) is 2. The smallest absolute Gasteiger partial charge is 0.240 e. The van der Waals surface area contributed by atoms with E-state index in [2.05, 4.69) is 19.7 Å². The van der Waals surface area contributed by atoms with Gasteiger partial charge in [0.2, 0.25) is 10.0 Å². The number of H-pyrrole nitrogens is 1. The first-order valence-electron chi connectivity index (χ1n) is 7.51. The number of benzene rings is 1. The second-order valence-electron chi connectivity index (χ2n) is 5.23. The van der Waals surface area contributed by atoms with Crippen LogP contribution in [0.3, 0.4) is 0 Å². The van der Waals surface area contributed by atoms with Crippen LogP contribution in [-0.2, 0) is 10.0 Å². The molecule has 3 rings (SSSR count). The van der Waals surface area contributed by atoms with Gasteiger partial charge < -0.3 is 4.98 Å². The van der Waals surface area contributed by atoms with Crippen molar-refractivity contribution < 1.29 is 8.42 Å². The van der Waals surface area contributed by atoms with Crippen LogP contribution in [0.15, 0.2) is 47.5 Å². The molecule has 0 saturated heterocycles. The molecule has 0 saturated carbocycles. The summed E-state index contributed by atoms with van der Waals surface area (Å²) in [6, 6.07) is 10.4. The van der Waals surface area contributed by atoms with Crippen LogP contribution in [0.25, 0.3) is 22.6 Å². The zero-order valence-electron chi connectivity index (χ0n) is 12.8. The normalized spacial score (nSPS) is 11.9. The Kier molecular flexibility index (Phi) is 4.40. The highest BCUT2D eigenvalue weighted by Gasteiger charge is 2.15. The molecule has 23 heavy (non-hydrogen) atoms. The Morgan fingerprint density at radius 3 is 2.83 bits per heavy atom. The molecular formula is C16H18N4O2S. The van der Waals surface area contributed by atoms with E-state index in [0.717, 1.165) is 12.8 Å². The van der Waals surface area contributed by atoms with Crippen LogP contribution in [0.4, 0.5) is 0 Å². The second kappa shape index (κ2) is 6.47. The Labute approximate surface area is 135 Å². The number of rotatable bonds is 6. The number of sulfonamides is 1. The number of unbranched alkanes of at least 4 members (excludes halogenated alkanes) is 1. The molecule has 1 aromatic carbocycles. The van der Waals surface area contributed by atoms with Gasteiger partial charge in [-0.2, -0.15) is 0 Å². The van der Waals surface area contributed by atoms with Crippen LogP contribution < -0.4 is 4.72 Å². The molecule has 0 unspecified atom stereocenters. The summed E-state index contributed by atoms with van der Waals surface area (Å²) in [5.74, 6) is 0.620. The SMILES string of the molecule is CCCCNS(=O)(=O)c1ccc2nc(-c3ccccn3)[nH]c2c1. The van der Waals surface area contributed by atoms with Crippen molar-refractivity contribution in [2.24, 2.45) is 0 Å². The fourth-order valence-corrected chi connectivity index (χ4v) is 3.35. The summed E-state index contributed by atoms with van der Waals surface area (Å²) in [5.41, 5.74) is 2.09. The van der Waals surface area contributed by atoms with Crippen molar-refractivity contribution in [2.75, 3.05) is 6.54 Å². The molecule has 6 nitrogen and oxygen atoms in total. The third-order valence-electron chi connectivity index (χ3n) is 3.49. The van der Waals surface area contributed by atoms with Crippen molar-refractivity contribution in [2.45, 2.75) is 24.7 Å². The van der Waals surface area contributed by atoms with E-state index in [1.165, 1.54) is 0 Å². The van der Waals surface area contributed by atoms with Gasteiger partial charge in [0.15, 0.2) is 5.82 Å². The van der Waals surface area contributed by atoms with Gasteiger partial charge in [-0.25, -0.2) is 18.1 Å². The average molecular weight is 330 g/mol. The maximum Gasteiger partial charge on any atom is 0.240 e. The monoisotopic (exact) mass is 330 g/mol. The van der Waals surface area contributed by atoms with E-state index in [4.69, 9.17) is 0 Å². The van der Waals surface area contributed by atoms with Crippen LogP contribution in [0.1, 0.15) is 19.8 Å². The lowest BCUT2D eigenvalue weighted by molar-refractivity contribution is 0.578. The Morgan fingerprint density at radius 2 is 2.09 bits per heavy atom. The lowest BCUT2D eigenvalue weighted by Gasteiger charge is -2.05. The highest BCUT2D eigenvalue weighted by Crippen LogP contribution is 2.21. The molecule has 2 aromatic heterocycles. The molecule has 0 amide bonds. The number of aromatic nitrogens is 3. The van der Waals surface area contributed by atoms with Gasteiger partial charge in [-0.3, -0.25) is 4.98 Å². The molecule has 0 radical (unpaired) electrons. The van der Waals surface area contributed by atoms with E-state index in [1.807, 2.05) is 25.1 Å². The van der Waals surface area contributed by atoms with Crippen LogP contribution in [-0.4, -0.2) is 29.9 Å². The molecule has 120 valence electrons. The maximum absolute atomic E-state index is 12.3. The zero-order valence-corrected chi connectivity index (χ0v) is 13.6. The van der Waals surface area contributed by atoms with Crippen LogP contribution in [0.5, 0.6) is 0 Å². The fraction of sp³-hybridized carbons (Fsp3) is 0.250. The van der Waals surface area contributed by atoms with E-state index >= 15 is 0 Å². The predicted octanol–water partition coefficient (Wildman–Crippen LogP) is 2.70. The van der Waals surface area contributed by atoms with E-state index in [-0.39, 0.29) is 4.90 Å². The number of nitrogens with one attached hydrogen (secondary N) is 2. The summed E-state index contributed by atoms with van der Waals surface area (Å²) in [6.45, 7) is 2.46. The molecule has 0 aliphatic carbocycles. The van der Waals surface area contributed by atoms with Crippen molar-refractivity contribution in [3.8, 4) is 11.5 Å². The van der Waals surface area contributed by atoms with Crippen molar-refractivity contribution in [1.29, 1.82) is 0 Å². The minimum atomic E-state index is -3.49. The Hall–Kier alpha value is -2.25. The summed E-state index contributed by atoms with van der Waals surface area (Å²) in [7, 11) is -3.49. The summed E-state index contributed by atoms with van der Waals surface area (Å²) in [4.78, 5) is 12.0. The van der Waals surface area contributed by atoms with Crippen molar-refractivity contribution >= 4 is 21.1 Å². The Balaban J connectivity index is 1.93. The zero-order chi connectivity index (χ0) is 16.3. The number of pyridine rings is 1. The summed E-state index contributed by atoms with van der Waals surface area (Å²) in [5, 5.41) is 0. The second-order valence-corrected chi connectivity index (χ2v) is 7.00. The average Bonchev–Trinajstić information content (AvgIpc) is 2.99. The van der Waals surface area contributed by atoms with Crippen molar-refractivity contribution in [1.82, 2.24) is 19.7 Å². The van der Waals surface area contributed by atoms with Gasteiger partial charge in [0.05, 0.1) is 15.9 Å². The molecule has 0 aliphatic rings. The lowest BCUT2D eigenvalue weighted by atomic mass is 10.3. The van der Waals surface area contributed by atoms with Gasteiger partial charge in [0.25, 0.3) is 0 Å². The topological polar surface area (TPSA) is 87.7 Å². The first-order valence-corrected chi connectivity index (χ1v) is 8.99. The maximum atomic E-state index is 12.3. The standard InChI is InChI=1S/C16H18N4O2S/c1-2-3-10-18-23(21,22)12-7-8-13-15(11-12)20-16(19-13)14-6-4-5-9-17-14/h4-9,11,18H,2-3,10H2,1H3,(H,19,20). The third kappa shape index (κ3) is 3.40.